The van der Waals surface area contributed by atoms with Crippen molar-refractivity contribution < 1.29 is 0 Å². The van der Waals surface area contributed by atoms with Crippen molar-refractivity contribution in [1.29, 1.82) is 0 Å². The highest BCUT2D eigenvalue weighted by molar-refractivity contribution is 5.66. The Hall–Kier alpha value is -1.23. The molecule has 1 aromatic rings. The summed E-state index contributed by atoms with van der Waals surface area (Å²) >= 11 is 0. The Morgan fingerprint density at radius 1 is 1.33 bits per heavy atom. The molecule has 0 radical (unpaired) electrons. The van der Waals surface area contributed by atoms with Gasteiger partial charge >= 0.3 is 0 Å². The average Bonchev–Trinajstić information content (AvgIpc) is 2.94. The van der Waals surface area contributed by atoms with Gasteiger partial charge in [-0.25, -0.2) is 4.68 Å². The van der Waals surface area contributed by atoms with Crippen LogP contribution < -0.4 is 10.6 Å². The molecule has 0 spiro atoms. The summed E-state index contributed by atoms with van der Waals surface area (Å²) in [6.07, 6.45) is 2.68. The molecule has 1 atom stereocenters. The van der Waals surface area contributed by atoms with Crippen molar-refractivity contribution in [2.45, 2.75) is 39.3 Å². The Bertz CT molecular complexity index is 439. The lowest BCUT2D eigenvalue weighted by molar-refractivity contribution is 0.229. The van der Waals surface area contributed by atoms with Gasteiger partial charge in [0.25, 0.3) is 0 Å². The van der Waals surface area contributed by atoms with Crippen molar-refractivity contribution >= 4 is 11.5 Å². The zero-order chi connectivity index (χ0) is 12.7. The molecule has 1 unspecified atom stereocenters. The summed E-state index contributed by atoms with van der Waals surface area (Å²) in [5.41, 5.74) is 8.03. The van der Waals surface area contributed by atoms with Crippen LogP contribution in [0, 0.1) is 6.92 Å². The van der Waals surface area contributed by atoms with Crippen molar-refractivity contribution in [2.75, 3.05) is 36.8 Å². The molecular weight excluding hydrogens is 226 g/mol. The monoisotopic (exact) mass is 249 g/mol. The van der Waals surface area contributed by atoms with Gasteiger partial charge in [0.1, 0.15) is 0 Å². The standard InChI is InChI=1S/C13H23N5/c1-3-18-13(12(14)10(2)15-18)17-8-7-16-6-4-5-11(16)9-17/h11H,3-9,14H2,1-2H3. The number of piperazine rings is 1. The molecule has 5 nitrogen and oxygen atoms in total. The molecule has 0 aliphatic carbocycles. The lowest BCUT2D eigenvalue weighted by Gasteiger charge is -2.38. The van der Waals surface area contributed by atoms with Crippen LogP contribution in [0.4, 0.5) is 11.5 Å². The molecule has 3 heterocycles. The topological polar surface area (TPSA) is 50.3 Å². The van der Waals surface area contributed by atoms with Crippen molar-refractivity contribution in [3.63, 3.8) is 0 Å². The molecule has 0 amide bonds. The molecule has 2 saturated heterocycles. The Morgan fingerprint density at radius 3 is 2.94 bits per heavy atom. The maximum Gasteiger partial charge on any atom is 0.150 e. The van der Waals surface area contributed by atoms with E-state index in [1.54, 1.807) is 0 Å². The maximum absolute atomic E-state index is 6.21. The van der Waals surface area contributed by atoms with E-state index >= 15 is 0 Å². The van der Waals surface area contributed by atoms with Gasteiger partial charge in [0.05, 0.1) is 11.4 Å². The van der Waals surface area contributed by atoms with Crippen molar-refractivity contribution in [3.05, 3.63) is 5.69 Å². The number of hydrogen-bond donors (Lipinski definition) is 1. The van der Waals surface area contributed by atoms with Crippen LogP contribution >= 0.6 is 0 Å². The zero-order valence-corrected chi connectivity index (χ0v) is 11.4. The largest absolute Gasteiger partial charge is 0.394 e. The smallest absolute Gasteiger partial charge is 0.150 e. The van der Waals surface area contributed by atoms with E-state index in [0.29, 0.717) is 0 Å². The molecular formula is C13H23N5. The SMILES string of the molecule is CCn1nc(C)c(N)c1N1CCN2CCCC2C1. The van der Waals surface area contributed by atoms with E-state index in [2.05, 4.69) is 26.5 Å². The van der Waals surface area contributed by atoms with Crippen LogP contribution in [0.2, 0.25) is 0 Å². The zero-order valence-electron chi connectivity index (χ0n) is 11.4. The van der Waals surface area contributed by atoms with E-state index in [9.17, 15) is 0 Å². The van der Waals surface area contributed by atoms with Crippen molar-refractivity contribution in [1.82, 2.24) is 14.7 Å². The van der Waals surface area contributed by atoms with Crippen molar-refractivity contribution in [2.24, 2.45) is 0 Å². The Morgan fingerprint density at radius 2 is 2.17 bits per heavy atom. The van der Waals surface area contributed by atoms with Crippen LogP contribution in [-0.2, 0) is 6.54 Å². The number of rotatable bonds is 2. The number of aromatic nitrogens is 2. The molecule has 100 valence electrons. The predicted octanol–water partition coefficient (Wildman–Crippen LogP) is 1.08. The van der Waals surface area contributed by atoms with Gasteiger partial charge in [0.15, 0.2) is 5.82 Å². The first-order valence-electron chi connectivity index (χ1n) is 7.02. The van der Waals surface area contributed by atoms with E-state index in [1.165, 1.54) is 19.4 Å². The molecule has 0 bridgehead atoms. The highest BCUT2D eigenvalue weighted by Crippen LogP contribution is 2.30. The number of nitrogens with two attached hydrogens (primary N) is 1. The highest BCUT2D eigenvalue weighted by Gasteiger charge is 2.32. The summed E-state index contributed by atoms with van der Waals surface area (Å²) in [7, 11) is 0. The van der Waals surface area contributed by atoms with Crippen LogP contribution in [0.25, 0.3) is 0 Å². The van der Waals surface area contributed by atoms with Crippen LogP contribution in [0.3, 0.4) is 0 Å². The van der Waals surface area contributed by atoms with Gasteiger partial charge in [-0.15, -0.1) is 0 Å². The number of hydrogen-bond acceptors (Lipinski definition) is 4. The van der Waals surface area contributed by atoms with Gasteiger partial charge in [-0.1, -0.05) is 0 Å². The summed E-state index contributed by atoms with van der Waals surface area (Å²) in [6.45, 7) is 9.63. The quantitative estimate of drug-likeness (QED) is 0.852. The van der Waals surface area contributed by atoms with Crippen LogP contribution in [-0.4, -0.2) is 46.9 Å². The lowest BCUT2D eigenvalue weighted by Crippen LogP contribution is -2.50. The number of anilines is 2. The number of fused-ring (bicyclic) bond motifs is 1. The van der Waals surface area contributed by atoms with Crippen LogP contribution in [0.1, 0.15) is 25.5 Å². The van der Waals surface area contributed by atoms with E-state index in [-0.39, 0.29) is 0 Å². The molecule has 5 heteroatoms. The summed E-state index contributed by atoms with van der Waals surface area (Å²) in [4.78, 5) is 5.05. The first-order chi connectivity index (χ1) is 8.70. The first-order valence-corrected chi connectivity index (χ1v) is 7.02. The molecule has 2 fully saturated rings. The second-order valence-corrected chi connectivity index (χ2v) is 5.42. The molecule has 18 heavy (non-hydrogen) atoms. The van der Waals surface area contributed by atoms with E-state index < -0.39 is 0 Å². The van der Waals surface area contributed by atoms with E-state index in [0.717, 1.165) is 49.4 Å². The molecule has 1 aromatic heterocycles. The van der Waals surface area contributed by atoms with E-state index in [1.807, 2.05) is 6.92 Å². The third-order valence-electron chi connectivity index (χ3n) is 4.33. The molecule has 2 N–H and O–H groups in total. The van der Waals surface area contributed by atoms with Gasteiger partial charge in [-0.05, 0) is 33.2 Å². The van der Waals surface area contributed by atoms with Gasteiger partial charge in [0.2, 0.25) is 0 Å². The molecule has 0 aromatic carbocycles. The highest BCUT2D eigenvalue weighted by atomic mass is 15.4. The van der Waals surface area contributed by atoms with Gasteiger partial charge in [-0.2, -0.15) is 5.10 Å². The summed E-state index contributed by atoms with van der Waals surface area (Å²) in [5, 5.41) is 4.53. The number of aryl methyl sites for hydroxylation is 2. The molecule has 2 aliphatic rings. The van der Waals surface area contributed by atoms with Crippen LogP contribution in [0.15, 0.2) is 0 Å². The summed E-state index contributed by atoms with van der Waals surface area (Å²) < 4.78 is 2.05. The average molecular weight is 249 g/mol. The third-order valence-corrected chi connectivity index (χ3v) is 4.33. The summed E-state index contributed by atoms with van der Waals surface area (Å²) in [6, 6.07) is 0.721. The van der Waals surface area contributed by atoms with Crippen molar-refractivity contribution in [3.8, 4) is 0 Å². The second kappa shape index (κ2) is 4.46. The Labute approximate surface area is 109 Å². The number of nitrogen functional groups attached to an aromatic ring is 1. The fraction of sp³-hybridized carbons (Fsp3) is 0.769. The fourth-order valence-corrected chi connectivity index (χ4v) is 3.32. The minimum atomic E-state index is 0.721. The van der Waals surface area contributed by atoms with E-state index in [4.69, 9.17) is 5.73 Å². The second-order valence-electron chi connectivity index (χ2n) is 5.42. The number of nitrogens with zero attached hydrogens (tertiary/aromatic N) is 4. The maximum atomic E-state index is 6.21. The third kappa shape index (κ3) is 1.77. The van der Waals surface area contributed by atoms with Gasteiger partial charge in [0, 0.05) is 32.2 Å². The summed E-state index contributed by atoms with van der Waals surface area (Å²) in [5.74, 6) is 1.14. The molecule has 3 rings (SSSR count). The minimum Gasteiger partial charge on any atom is -0.394 e. The first kappa shape index (κ1) is 11.8. The predicted molar refractivity (Wildman–Crippen MR) is 73.9 cm³/mol. The Balaban J connectivity index is 1.86. The normalized spacial score (nSPS) is 24.6. The molecule has 2 aliphatic heterocycles. The fourth-order valence-electron chi connectivity index (χ4n) is 3.32. The van der Waals surface area contributed by atoms with Gasteiger partial charge < -0.3 is 10.6 Å². The van der Waals surface area contributed by atoms with Crippen LogP contribution in [0.5, 0.6) is 0 Å². The Kier molecular flexibility index (Phi) is 2.93. The molecule has 0 saturated carbocycles. The van der Waals surface area contributed by atoms with Gasteiger partial charge in [-0.3, -0.25) is 4.90 Å². The lowest BCUT2D eigenvalue weighted by atomic mass is 10.1. The minimum absolute atomic E-state index is 0.721.